The van der Waals surface area contributed by atoms with Gasteiger partial charge < -0.3 is 20.0 Å². The molecule has 3 heterocycles. The van der Waals surface area contributed by atoms with Crippen LogP contribution in [0.15, 0.2) is 57.7 Å². The van der Waals surface area contributed by atoms with Crippen LogP contribution in [0.3, 0.4) is 0 Å². The van der Waals surface area contributed by atoms with Gasteiger partial charge in [0, 0.05) is 30.5 Å². The predicted molar refractivity (Wildman–Crippen MR) is 108 cm³/mol. The summed E-state index contributed by atoms with van der Waals surface area (Å²) < 4.78 is 5.76. The average Bonchev–Trinajstić information content (AvgIpc) is 3.35. The van der Waals surface area contributed by atoms with Crippen LogP contribution in [0.25, 0.3) is 0 Å². The van der Waals surface area contributed by atoms with Crippen LogP contribution < -0.4 is 15.5 Å². The first-order valence-corrected chi connectivity index (χ1v) is 9.48. The summed E-state index contributed by atoms with van der Waals surface area (Å²) in [5.74, 6) is 0.639. The van der Waals surface area contributed by atoms with Gasteiger partial charge in [-0.3, -0.25) is 4.79 Å². The summed E-state index contributed by atoms with van der Waals surface area (Å²) in [5, 5.41) is 14.3. The molecule has 1 aliphatic heterocycles. The monoisotopic (exact) mass is 427 g/mol. The lowest BCUT2D eigenvalue weighted by Crippen LogP contribution is -2.18. The summed E-state index contributed by atoms with van der Waals surface area (Å²) >= 11 is 3.18. The van der Waals surface area contributed by atoms with Crippen LogP contribution in [0.5, 0.6) is 0 Å². The second-order valence-corrected chi connectivity index (χ2v) is 7.03. The molecular formula is C19H18BrN5O2. The van der Waals surface area contributed by atoms with Crippen LogP contribution in [0.4, 0.5) is 22.9 Å². The molecule has 0 spiro atoms. The molecule has 1 saturated heterocycles. The van der Waals surface area contributed by atoms with Crippen LogP contribution in [0, 0.1) is 0 Å². The molecule has 3 aromatic rings. The van der Waals surface area contributed by atoms with Crippen molar-refractivity contribution in [2.45, 2.75) is 12.8 Å². The Morgan fingerprint density at radius 3 is 2.52 bits per heavy atom. The van der Waals surface area contributed by atoms with Crippen molar-refractivity contribution in [2.24, 2.45) is 0 Å². The fourth-order valence-corrected chi connectivity index (χ4v) is 3.29. The van der Waals surface area contributed by atoms with Gasteiger partial charge >= 0.3 is 0 Å². The maximum absolute atomic E-state index is 12.1. The SMILES string of the molecule is O=C(Nc1ccc(Nc2cc(N3CCCC3)cnn2)cc1)c1ccc(Br)o1. The zero-order chi connectivity index (χ0) is 18.6. The normalized spacial score (nSPS) is 13.6. The third-order valence-corrected chi connectivity index (χ3v) is 4.75. The Balaban J connectivity index is 1.40. The number of rotatable bonds is 5. The Bertz CT molecular complexity index is 935. The van der Waals surface area contributed by atoms with Gasteiger partial charge in [0.2, 0.25) is 0 Å². The Labute approximate surface area is 164 Å². The highest BCUT2D eigenvalue weighted by Crippen LogP contribution is 2.24. The minimum absolute atomic E-state index is 0.248. The number of anilines is 4. The van der Waals surface area contributed by atoms with Crippen molar-refractivity contribution in [2.75, 3.05) is 28.6 Å². The summed E-state index contributed by atoms with van der Waals surface area (Å²) in [4.78, 5) is 14.4. The van der Waals surface area contributed by atoms with Crippen molar-refractivity contribution in [1.29, 1.82) is 0 Å². The largest absolute Gasteiger partial charge is 0.444 e. The Kier molecular flexibility index (Phi) is 5.06. The molecule has 0 saturated carbocycles. The van der Waals surface area contributed by atoms with Crippen LogP contribution >= 0.6 is 15.9 Å². The van der Waals surface area contributed by atoms with Gasteiger partial charge in [-0.25, -0.2) is 0 Å². The van der Waals surface area contributed by atoms with Crippen molar-refractivity contribution in [3.8, 4) is 0 Å². The second-order valence-electron chi connectivity index (χ2n) is 6.25. The molecule has 0 unspecified atom stereocenters. The second kappa shape index (κ2) is 7.79. The maximum Gasteiger partial charge on any atom is 0.291 e. The molecular weight excluding hydrogens is 410 g/mol. The van der Waals surface area contributed by atoms with E-state index in [1.165, 1.54) is 12.8 Å². The zero-order valence-electron chi connectivity index (χ0n) is 14.5. The number of carbonyl (C=O) groups excluding carboxylic acids is 1. The average molecular weight is 428 g/mol. The van der Waals surface area contributed by atoms with Crippen molar-refractivity contribution >= 4 is 44.7 Å². The topological polar surface area (TPSA) is 83.3 Å². The summed E-state index contributed by atoms with van der Waals surface area (Å²) in [6, 6.07) is 12.7. The summed E-state index contributed by atoms with van der Waals surface area (Å²) in [5.41, 5.74) is 2.62. The highest BCUT2D eigenvalue weighted by Gasteiger charge is 2.14. The van der Waals surface area contributed by atoms with Crippen molar-refractivity contribution < 1.29 is 9.21 Å². The van der Waals surface area contributed by atoms with E-state index in [0.29, 0.717) is 16.2 Å². The number of hydrogen-bond donors (Lipinski definition) is 2. The molecule has 1 aliphatic rings. The Hall–Kier alpha value is -2.87. The number of aromatic nitrogens is 2. The van der Waals surface area contributed by atoms with E-state index in [9.17, 15) is 4.79 Å². The van der Waals surface area contributed by atoms with Gasteiger partial charge in [0.25, 0.3) is 5.91 Å². The molecule has 0 bridgehead atoms. The molecule has 2 N–H and O–H groups in total. The lowest BCUT2D eigenvalue weighted by atomic mass is 10.2. The summed E-state index contributed by atoms with van der Waals surface area (Å²) in [7, 11) is 0. The fraction of sp³-hybridized carbons (Fsp3) is 0.211. The quantitative estimate of drug-likeness (QED) is 0.626. The van der Waals surface area contributed by atoms with E-state index < -0.39 is 0 Å². The lowest BCUT2D eigenvalue weighted by Gasteiger charge is -2.17. The van der Waals surface area contributed by atoms with Crippen LogP contribution in [-0.2, 0) is 0 Å². The molecule has 8 heteroatoms. The van der Waals surface area contributed by atoms with Gasteiger partial charge in [-0.05, 0) is 65.2 Å². The van der Waals surface area contributed by atoms with E-state index in [1.807, 2.05) is 30.3 Å². The number of furan rings is 1. The van der Waals surface area contributed by atoms with E-state index in [-0.39, 0.29) is 11.7 Å². The van der Waals surface area contributed by atoms with E-state index >= 15 is 0 Å². The molecule has 7 nitrogen and oxygen atoms in total. The Morgan fingerprint density at radius 2 is 1.81 bits per heavy atom. The maximum atomic E-state index is 12.1. The number of benzene rings is 1. The number of amides is 1. The van der Waals surface area contributed by atoms with Gasteiger partial charge in [-0.1, -0.05) is 0 Å². The van der Waals surface area contributed by atoms with Gasteiger partial charge in [-0.2, -0.15) is 5.10 Å². The third kappa shape index (κ3) is 4.28. The lowest BCUT2D eigenvalue weighted by molar-refractivity contribution is 0.0995. The molecule has 27 heavy (non-hydrogen) atoms. The molecule has 1 amide bonds. The molecule has 1 fully saturated rings. The zero-order valence-corrected chi connectivity index (χ0v) is 16.1. The van der Waals surface area contributed by atoms with E-state index in [4.69, 9.17) is 4.42 Å². The van der Waals surface area contributed by atoms with E-state index in [0.717, 1.165) is 24.5 Å². The number of carbonyl (C=O) groups is 1. The van der Waals surface area contributed by atoms with Gasteiger partial charge in [0.1, 0.15) is 0 Å². The van der Waals surface area contributed by atoms with E-state index in [2.05, 4.69) is 41.7 Å². The standard InChI is InChI=1S/C19H18BrN5O2/c20-17-8-7-16(27-17)19(26)23-14-5-3-13(4-6-14)22-18-11-15(12-21-24-18)25-9-1-2-10-25/h3-8,11-12H,1-2,9-10H2,(H,22,24)(H,23,26). The number of nitrogens with zero attached hydrogens (tertiary/aromatic N) is 3. The summed E-state index contributed by atoms with van der Waals surface area (Å²) in [6.07, 6.45) is 4.22. The fourth-order valence-electron chi connectivity index (χ4n) is 2.98. The minimum atomic E-state index is -0.300. The van der Waals surface area contributed by atoms with Gasteiger partial charge in [0.15, 0.2) is 16.2 Å². The first kappa shape index (κ1) is 17.5. The Morgan fingerprint density at radius 1 is 1.07 bits per heavy atom. The highest BCUT2D eigenvalue weighted by atomic mass is 79.9. The van der Waals surface area contributed by atoms with Gasteiger partial charge in [0.05, 0.1) is 11.9 Å². The number of halogens is 1. The number of nitrogens with one attached hydrogen (secondary N) is 2. The first-order chi connectivity index (χ1) is 13.2. The van der Waals surface area contributed by atoms with Gasteiger partial charge in [-0.15, -0.1) is 5.10 Å². The molecule has 0 atom stereocenters. The molecule has 138 valence electrons. The molecule has 0 aliphatic carbocycles. The van der Waals surface area contributed by atoms with Crippen molar-refractivity contribution in [3.05, 3.63) is 59.1 Å². The van der Waals surface area contributed by atoms with Crippen LogP contribution in [0.1, 0.15) is 23.4 Å². The first-order valence-electron chi connectivity index (χ1n) is 8.69. The summed E-state index contributed by atoms with van der Waals surface area (Å²) in [6.45, 7) is 2.12. The van der Waals surface area contributed by atoms with Crippen molar-refractivity contribution in [1.82, 2.24) is 10.2 Å². The molecule has 4 rings (SSSR count). The number of hydrogen-bond acceptors (Lipinski definition) is 6. The van der Waals surface area contributed by atoms with E-state index in [1.54, 1.807) is 18.3 Å². The molecule has 1 aromatic carbocycles. The molecule has 2 aromatic heterocycles. The smallest absolute Gasteiger partial charge is 0.291 e. The van der Waals surface area contributed by atoms with Crippen molar-refractivity contribution in [3.63, 3.8) is 0 Å². The highest BCUT2D eigenvalue weighted by molar-refractivity contribution is 9.10. The molecule has 0 radical (unpaired) electrons. The minimum Gasteiger partial charge on any atom is -0.444 e. The third-order valence-electron chi connectivity index (χ3n) is 4.32. The predicted octanol–water partition coefficient (Wildman–Crippen LogP) is 4.43. The van der Waals surface area contributed by atoms with Crippen LogP contribution in [0.2, 0.25) is 0 Å². The van der Waals surface area contributed by atoms with Crippen LogP contribution in [-0.4, -0.2) is 29.2 Å².